The summed E-state index contributed by atoms with van der Waals surface area (Å²) in [5.74, 6) is 0.115. The van der Waals surface area contributed by atoms with Gasteiger partial charge in [-0.25, -0.2) is 4.39 Å². The molecule has 2 aromatic rings. The SMILES string of the molecule is Cc1ccc(C#N)cc1OCc1cc(C#N)ccc1F. The third kappa shape index (κ3) is 2.93. The zero-order chi connectivity index (χ0) is 14.5. The van der Waals surface area contributed by atoms with Crippen molar-refractivity contribution >= 4 is 0 Å². The van der Waals surface area contributed by atoms with Crippen LogP contribution >= 0.6 is 0 Å². The summed E-state index contributed by atoms with van der Waals surface area (Å²) in [6, 6.07) is 13.2. The number of hydrogen-bond acceptors (Lipinski definition) is 3. The second kappa shape index (κ2) is 5.86. The monoisotopic (exact) mass is 266 g/mol. The van der Waals surface area contributed by atoms with Crippen LogP contribution in [0.4, 0.5) is 4.39 Å². The molecule has 0 atom stereocenters. The average Bonchev–Trinajstić information content (AvgIpc) is 2.48. The van der Waals surface area contributed by atoms with Crippen LogP contribution < -0.4 is 4.74 Å². The largest absolute Gasteiger partial charge is 0.488 e. The van der Waals surface area contributed by atoms with Gasteiger partial charge in [-0.05, 0) is 42.8 Å². The molecule has 3 nitrogen and oxygen atoms in total. The van der Waals surface area contributed by atoms with Crippen LogP contribution in [0.1, 0.15) is 22.3 Å². The van der Waals surface area contributed by atoms with Gasteiger partial charge in [-0.2, -0.15) is 10.5 Å². The van der Waals surface area contributed by atoms with Crippen LogP contribution in [0.3, 0.4) is 0 Å². The van der Waals surface area contributed by atoms with E-state index < -0.39 is 5.82 Å². The molecule has 0 radical (unpaired) electrons. The Labute approximate surface area is 116 Å². The first-order valence-corrected chi connectivity index (χ1v) is 5.96. The van der Waals surface area contributed by atoms with Crippen LogP contribution in [-0.2, 0) is 6.61 Å². The van der Waals surface area contributed by atoms with Gasteiger partial charge in [0.25, 0.3) is 0 Å². The molecular weight excluding hydrogens is 255 g/mol. The smallest absolute Gasteiger partial charge is 0.129 e. The van der Waals surface area contributed by atoms with Gasteiger partial charge in [0.1, 0.15) is 18.2 Å². The van der Waals surface area contributed by atoms with Crippen molar-refractivity contribution in [1.82, 2.24) is 0 Å². The van der Waals surface area contributed by atoms with E-state index in [1.54, 1.807) is 18.2 Å². The first-order chi connectivity index (χ1) is 9.63. The Kier molecular flexibility index (Phi) is 3.98. The molecule has 0 saturated carbocycles. The molecule has 0 heterocycles. The number of ether oxygens (including phenoxy) is 1. The van der Waals surface area contributed by atoms with Crippen LogP contribution in [-0.4, -0.2) is 0 Å². The van der Waals surface area contributed by atoms with Crippen LogP contribution in [0.25, 0.3) is 0 Å². The van der Waals surface area contributed by atoms with Crippen molar-refractivity contribution in [3.05, 3.63) is 64.5 Å². The number of hydrogen-bond donors (Lipinski definition) is 0. The van der Waals surface area contributed by atoms with Gasteiger partial charge in [0.2, 0.25) is 0 Å². The lowest BCUT2D eigenvalue weighted by Crippen LogP contribution is -2.00. The summed E-state index contributed by atoms with van der Waals surface area (Å²) in [6.07, 6.45) is 0. The lowest BCUT2D eigenvalue weighted by Gasteiger charge is -2.10. The zero-order valence-electron chi connectivity index (χ0n) is 10.9. The van der Waals surface area contributed by atoms with E-state index in [0.717, 1.165) is 5.56 Å². The van der Waals surface area contributed by atoms with Crippen molar-refractivity contribution in [3.8, 4) is 17.9 Å². The maximum atomic E-state index is 13.6. The Balaban J connectivity index is 2.21. The fourth-order valence-corrected chi connectivity index (χ4v) is 1.74. The summed E-state index contributed by atoms with van der Waals surface area (Å²) in [5.41, 5.74) is 2.04. The third-order valence-corrected chi connectivity index (χ3v) is 2.88. The van der Waals surface area contributed by atoms with Crippen molar-refractivity contribution in [2.45, 2.75) is 13.5 Å². The molecule has 0 N–H and O–H groups in total. The molecular formula is C16H11FN2O. The molecule has 0 fully saturated rings. The lowest BCUT2D eigenvalue weighted by molar-refractivity contribution is 0.297. The van der Waals surface area contributed by atoms with Gasteiger partial charge in [0, 0.05) is 5.56 Å². The molecule has 0 aliphatic rings. The van der Waals surface area contributed by atoms with Gasteiger partial charge in [-0.3, -0.25) is 0 Å². The van der Waals surface area contributed by atoms with Crippen molar-refractivity contribution in [2.24, 2.45) is 0 Å². The summed E-state index contributed by atoms with van der Waals surface area (Å²) >= 11 is 0. The average molecular weight is 266 g/mol. The molecule has 0 bridgehead atoms. The van der Waals surface area contributed by atoms with E-state index in [0.29, 0.717) is 22.4 Å². The number of nitriles is 2. The van der Waals surface area contributed by atoms with Crippen LogP contribution in [0.5, 0.6) is 5.75 Å². The van der Waals surface area contributed by atoms with Crippen LogP contribution in [0.15, 0.2) is 36.4 Å². The van der Waals surface area contributed by atoms with Gasteiger partial charge in [-0.1, -0.05) is 6.07 Å². The maximum absolute atomic E-state index is 13.6. The highest BCUT2D eigenvalue weighted by atomic mass is 19.1. The molecule has 2 aromatic carbocycles. The third-order valence-electron chi connectivity index (χ3n) is 2.88. The number of nitrogens with zero attached hydrogens (tertiary/aromatic N) is 2. The van der Waals surface area contributed by atoms with Gasteiger partial charge >= 0.3 is 0 Å². The van der Waals surface area contributed by atoms with E-state index in [-0.39, 0.29) is 6.61 Å². The lowest BCUT2D eigenvalue weighted by atomic mass is 10.1. The second-order valence-corrected chi connectivity index (χ2v) is 4.30. The first-order valence-electron chi connectivity index (χ1n) is 5.96. The molecule has 0 unspecified atom stereocenters. The fraction of sp³-hybridized carbons (Fsp3) is 0.125. The highest BCUT2D eigenvalue weighted by molar-refractivity contribution is 5.42. The number of halogens is 1. The molecule has 20 heavy (non-hydrogen) atoms. The fourth-order valence-electron chi connectivity index (χ4n) is 1.74. The summed E-state index contributed by atoms with van der Waals surface area (Å²) in [5, 5.41) is 17.7. The summed E-state index contributed by atoms with van der Waals surface area (Å²) in [6.45, 7) is 1.86. The normalized spacial score (nSPS) is 9.60. The summed E-state index contributed by atoms with van der Waals surface area (Å²) in [4.78, 5) is 0. The Morgan fingerprint density at radius 1 is 1.05 bits per heavy atom. The molecule has 0 amide bonds. The first kappa shape index (κ1) is 13.6. The summed E-state index contributed by atoms with van der Waals surface area (Å²) in [7, 11) is 0. The van der Waals surface area contributed by atoms with E-state index in [1.165, 1.54) is 18.2 Å². The second-order valence-electron chi connectivity index (χ2n) is 4.30. The van der Waals surface area contributed by atoms with E-state index >= 15 is 0 Å². The van der Waals surface area contributed by atoms with Gasteiger partial charge in [0.05, 0.1) is 23.3 Å². The molecule has 98 valence electrons. The molecule has 0 aliphatic heterocycles. The standard InChI is InChI=1S/C16H11FN2O/c1-11-2-3-13(9-19)7-16(11)20-10-14-6-12(8-18)4-5-15(14)17/h2-7H,10H2,1H3. The molecule has 0 spiro atoms. The molecule has 0 aromatic heterocycles. The quantitative estimate of drug-likeness (QED) is 0.854. The van der Waals surface area contributed by atoms with Crippen molar-refractivity contribution < 1.29 is 9.13 Å². The van der Waals surface area contributed by atoms with Gasteiger partial charge < -0.3 is 4.74 Å². The Morgan fingerprint density at radius 3 is 2.40 bits per heavy atom. The van der Waals surface area contributed by atoms with Crippen LogP contribution in [0, 0.1) is 35.4 Å². The Bertz CT molecular complexity index is 663. The number of benzene rings is 2. The van der Waals surface area contributed by atoms with Crippen molar-refractivity contribution in [3.63, 3.8) is 0 Å². The Hall–Kier alpha value is -2.85. The Morgan fingerprint density at radius 2 is 1.70 bits per heavy atom. The number of rotatable bonds is 3. The minimum absolute atomic E-state index is 0.0110. The highest BCUT2D eigenvalue weighted by Crippen LogP contribution is 2.21. The molecule has 0 aliphatic carbocycles. The highest BCUT2D eigenvalue weighted by Gasteiger charge is 2.07. The molecule has 2 rings (SSSR count). The minimum Gasteiger partial charge on any atom is -0.488 e. The van der Waals surface area contributed by atoms with Crippen molar-refractivity contribution in [1.29, 1.82) is 10.5 Å². The van der Waals surface area contributed by atoms with Crippen LogP contribution in [0.2, 0.25) is 0 Å². The summed E-state index contributed by atoms with van der Waals surface area (Å²) < 4.78 is 19.2. The van der Waals surface area contributed by atoms with E-state index in [1.807, 2.05) is 19.1 Å². The predicted molar refractivity (Wildman–Crippen MR) is 71.3 cm³/mol. The van der Waals surface area contributed by atoms with Gasteiger partial charge in [-0.15, -0.1) is 0 Å². The van der Waals surface area contributed by atoms with E-state index in [4.69, 9.17) is 15.3 Å². The van der Waals surface area contributed by atoms with E-state index in [9.17, 15) is 4.39 Å². The zero-order valence-corrected chi connectivity index (χ0v) is 10.9. The maximum Gasteiger partial charge on any atom is 0.129 e. The van der Waals surface area contributed by atoms with Crippen molar-refractivity contribution in [2.75, 3.05) is 0 Å². The van der Waals surface area contributed by atoms with E-state index in [2.05, 4.69) is 0 Å². The molecule has 4 heteroatoms. The van der Waals surface area contributed by atoms with Gasteiger partial charge in [0.15, 0.2) is 0 Å². The molecule has 0 saturated heterocycles. The number of aryl methyl sites for hydroxylation is 1. The predicted octanol–water partition coefficient (Wildman–Crippen LogP) is 3.46. The topological polar surface area (TPSA) is 56.8 Å². The minimum atomic E-state index is -0.418.